The largest absolute Gasteiger partial charge is 0.459 e. The molecule has 292 valence electrons. The molecule has 0 spiro atoms. The number of rotatable bonds is 7. The Morgan fingerprint density at radius 1 is 1.10 bits per heavy atom. The first-order valence-electron chi connectivity index (χ1n) is 18.3. The Bertz CT molecular complexity index is 1420. The summed E-state index contributed by atoms with van der Waals surface area (Å²) < 4.78 is 31.8. The quantitative estimate of drug-likeness (QED) is 0.138. The van der Waals surface area contributed by atoms with Crippen LogP contribution in [0.5, 0.6) is 0 Å². The number of fused-ring (bicyclic) bond motifs is 5. The van der Waals surface area contributed by atoms with E-state index >= 15 is 0 Å². The van der Waals surface area contributed by atoms with Gasteiger partial charge < -0.3 is 54.8 Å². The van der Waals surface area contributed by atoms with Gasteiger partial charge in [0.15, 0.2) is 12.1 Å². The molecule has 0 saturated carbocycles. The number of hydrogen-bond donors (Lipinski definition) is 4. The van der Waals surface area contributed by atoms with Gasteiger partial charge in [0.1, 0.15) is 36.0 Å². The first kappa shape index (κ1) is 41.8. The second-order valence-electron chi connectivity index (χ2n) is 15.5. The number of ketones is 1. The summed E-state index contributed by atoms with van der Waals surface area (Å²) in [6.07, 6.45) is -4.58. The first-order valence-corrected chi connectivity index (χ1v) is 18.3. The molecule has 2 bridgehead atoms. The molecule has 0 unspecified atom stereocenters. The molecule has 3 aliphatic heterocycles. The van der Waals surface area contributed by atoms with Crippen LogP contribution in [-0.2, 0) is 44.7 Å². The van der Waals surface area contributed by atoms with Crippen molar-refractivity contribution in [3.63, 3.8) is 0 Å². The summed E-state index contributed by atoms with van der Waals surface area (Å²) in [4.78, 5) is 35.6. The van der Waals surface area contributed by atoms with Gasteiger partial charge in [-0.05, 0) is 84.7 Å². The van der Waals surface area contributed by atoms with Gasteiger partial charge in [-0.15, -0.1) is 0 Å². The normalized spacial score (nSPS) is 39.4. The van der Waals surface area contributed by atoms with E-state index in [1.54, 1.807) is 32.9 Å². The number of anilines is 1. The molecule has 3 saturated heterocycles. The maximum atomic E-state index is 14.3. The number of likely N-dealkylation sites (N-methyl/N-ethyl adjacent to an activating group) is 1. The van der Waals surface area contributed by atoms with Gasteiger partial charge in [0.05, 0.1) is 37.1 Å². The van der Waals surface area contributed by atoms with Crippen molar-refractivity contribution in [2.24, 2.45) is 22.9 Å². The number of aliphatic hydroxyl groups excluding tert-OH is 1. The molecule has 0 amide bonds. The van der Waals surface area contributed by atoms with Crippen molar-refractivity contribution in [2.75, 3.05) is 33.0 Å². The fourth-order valence-corrected chi connectivity index (χ4v) is 7.49. The number of nitrogens with zero attached hydrogens (tertiary/aromatic N) is 2. The highest BCUT2D eigenvalue weighted by Crippen LogP contribution is 2.38. The van der Waals surface area contributed by atoms with E-state index < -0.39 is 71.4 Å². The van der Waals surface area contributed by atoms with Crippen molar-refractivity contribution in [2.45, 2.75) is 135 Å². The third-order valence-electron chi connectivity index (χ3n) is 10.9. The predicted octanol–water partition coefficient (Wildman–Crippen LogP) is 3.49. The molecule has 12 atom stereocenters. The number of cyclic esters (lactones) is 1. The fourth-order valence-electron chi connectivity index (χ4n) is 7.49. The third-order valence-corrected chi connectivity index (χ3v) is 10.9. The topological polar surface area (TPSA) is 195 Å². The number of benzene rings is 1. The lowest BCUT2D eigenvalue weighted by Gasteiger charge is -2.47. The zero-order valence-electron chi connectivity index (χ0n) is 32.2. The number of aliphatic hydroxyl groups is 2. The van der Waals surface area contributed by atoms with Crippen LogP contribution in [0.2, 0.25) is 0 Å². The Morgan fingerprint density at radius 2 is 1.77 bits per heavy atom. The Balaban J connectivity index is 1.83. The molecule has 3 heterocycles. The molecular formula is C38H60N4O10. The monoisotopic (exact) mass is 732 g/mol. The highest BCUT2D eigenvalue weighted by Gasteiger charge is 2.51. The van der Waals surface area contributed by atoms with Crippen molar-refractivity contribution in [1.29, 1.82) is 5.41 Å². The zero-order chi connectivity index (χ0) is 38.5. The van der Waals surface area contributed by atoms with Crippen molar-refractivity contribution >= 4 is 28.9 Å². The second-order valence-corrected chi connectivity index (χ2v) is 15.5. The van der Waals surface area contributed by atoms with Gasteiger partial charge in [0.25, 0.3) is 0 Å². The summed E-state index contributed by atoms with van der Waals surface area (Å²) in [5.41, 5.74) is 4.84. The molecule has 1 aromatic rings. The molecule has 0 radical (unpaired) electrons. The Labute approximate surface area is 307 Å². The van der Waals surface area contributed by atoms with Crippen LogP contribution in [0.25, 0.3) is 0 Å². The van der Waals surface area contributed by atoms with Crippen LogP contribution in [-0.4, -0.2) is 120 Å². The maximum absolute atomic E-state index is 14.3. The van der Waals surface area contributed by atoms with E-state index in [9.17, 15) is 25.2 Å². The summed E-state index contributed by atoms with van der Waals surface area (Å²) in [5.74, 6) is -3.89. The van der Waals surface area contributed by atoms with Crippen molar-refractivity contribution < 1.29 is 48.3 Å². The maximum Gasteiger partial charge on any atom is 0.316 e. The number of nitrogen functional groups attached to an aromatic ring is 1. The van der Waals surface area contributed by atoms with Gasteiger partial charge in [-0.1, -0.05) is 38.1 Å². The lowest BCUT2D eigenvalue weighted by atomic mass is 9.76. The molecule has 14 nitrogen and oxygen atoms in total. The van der Waals surface area contributed by atoms with Gasteiger partial charge in [0, 0.05) is 29.8 Å². The minimum absolute atomic E-state index is 0.0138. The average Bonchev–Trinajstić information content (AvgIpc) is 3.11. The molecule has 0 aliphatic carbocycles. The molecule has 5 N–H and O–H groups in total. The molecule has 52 heavy (non-hydrogen) atoms. The van der Waals surface area contributed by atoms with Crippen LogP contribution < -0.4 is 5.73 Å². The molecule has 3 aliphatic rings. The molecule has 1 aromatic carbocycles. The number of carbonyl (C=O) groups is 2. The van der Waals surface area contributed by atoms with Crippen LogP contribution in [0.3, 0.4) is 0 Å². The highest BCUT2D eigenvalue weighted by molar-refractivity contribution is 6.00. The van der Waals surface area contributed by atoms with E-state index in [-0.39, 0.29) is 56.9 Å². The standard InChI is InChI=1S/C38H60N4O10/c1-10-30-38(7,46)31-16-28(40)21(2)17-37(6,48-20-27(19-47-31)41-49-18-25-11-13-26(39)14-12-25)34(23(4)32(43)24(5)35(45)51-30)52-36-33(44)29(42(8)9)15-22(3)50-36/h11-14,21-24,29-31,33-34,36,40,44,46H,10,15-20,39H2,1-9H3/b40-28?,41-27-/t21-,22-,23+,24-,29+,30-,31-,33-,34-,36+,37-,38-/m1/s1. The SMILES string of the molecule is CC[C@H]1OC(=O)[C@H](C)C(=O)[C@H](C)[C@@H](O[C@@H]2O[C@H](C)C[C@H](N(C)C)[C@H]2O)[C@@]2(C)C[C@@H](C)C(=N)C[C@@H](OC/C(=N/OCc3ccc(N)cc3)CO2)[C@]1(C)O. The first-order chi connectivity index (χ1) is 24.4. The van der Waals surface area contributed by atoms with Gasteiger partial charge in [-0.2, -0.15) is 0 Å². The average molecular weight is 733 g/mol. The minimum Gasteiger partial charge on any atom is -0.459 e. The predicted molar refractivity (Wildman–Crippen MR) is 195 cm³/mol. The number of nitrogens with two attached hydrogens (primary N) is 1. The lowest BCUT2D eigenvalue weighted by molar-refractivity contribution is -0.296. The molecular weight excluding hydrogens is 672 g/mol. The number of carbonyl (C=O) groups excluding carboxylic acids is 2. The lowest BCUT2D eigenvalue weighted by Crippen LogP contribution is -2.59. The number of nitrogens with one attached hydrogen (secondary N) is 1. The van der Waals surface area contributed by atoms with E-state index in [2.05, 4.69) is 5.16 Å². The van der Waals surface area contributed by atoms with Crippen molar-refractivity contribution in [3.05, 3.63) is 29.8 Å². The van der Waals surface area contributed by atoms with Gasteiger partial charge in [-0.25, -0.2) is 0 Å². The van der Waals surface area contributed by atoms with Crippen LogP contribution in [0.4, 0.5) is 5.69 Å². The van der Waals surface area contributed by atoms with Crippen LogP contribution in [0.15, 0.2) is 29.4 Å². The van der Waals surface area contributed by atoms with Crippen LogP contribution in [0, 0.1) is 23.2 Å². The molecule has 4 rings (SSSR count). The van der Waals surface area contributed by atoms with E-state index in [4.69, 9.17) is 34.3 Å². The van der Waals surface area contributed by atoms with E-state index in [0.29, 0.717) is 17.8 Å². The third kappa shape index (κ3) is 9.76. The Morgan fingerprint density at radius 3 is 2.40 bits per heavy atom. The number of Topliss-reactive ketones (excluding diaryl/α,β-unsaturated/α-hetero) is 1. The summed E-state index contributed by atoms with van der Waals surface area (Å²) in [6, 6.07) is 6.90. The number of esters is 1. The Hall–Kier alpha value is -2.98. The van der Waals surface area contributed by atoms with Gasteiger partial charge >= 0.3 is 5.97 Å². The van der Waals surface area contributed by atoms with E-state index in [0.717, 1.165) is 5.56 Å². The summed E-state index contributed by atoms with van der Waals surface area (Å²) in [7, 11) is 3.75. The van der Waals surface area contributed by atoms with Crippen LogP contribution in [0.1, 0.15) is 79.7 Å². The van der Waals surface area contributed by atoms with Gasteiger partial charge in [-0.3, -0.25) is 9.59 Å². The van der Waals surface area contributed by atoms with Crippen LogP contribution >= 0.6 is 0 Å². The van der Waals surface area contributed by atoms with Crippen molar-refractivity contribution in [1.82, 2.24) is 4.90 Å². The zero-order valence-corrected chi connectivity index (χ0v) is 32.2. The number of ether oxygens (including phenoxy) is 5. The number of oxime groups is 1. The van der Waals surface area contributed by atoms with Gasteiger partial charge in [0.2, 0.25) is 0 Å². The van der Waals surface area contributed by atoms with E-state index in [1.165, 1.54) is 13.8 Å². The highest BCUT2D eigenvalue weighted by atomic mass is 16.7. The minimum atomic E-state index is -1.75. The van der Waals surface area contributed by atoms with Crippen molar-refractivity contribution in [3.8, 4) is 0 Å². The second kappa shape index (κ2) is 17.4. The Kier molecular flexibility index (Phi) is 14.0. The molecule has 14 heteroatoms. The summed E-state index contributed by atoms with van der Waals surface area (Å²) in [5, 5.41) is 37.1. The number of hydrogen-bond acceptors (Lipinski definition) is 14. The smallest absolute Gasteiger partial charge is 0.316 e. The van der Waals surface area contributed by atoms with E-state index in [1.807, 2.05) is 45.0 Å². The fraction of sp³-hybridized carbons (Fsp3) is 0.737. The molecule has 3 fully saturated rings. The summed E-state index contributed by atoms with van der Waals surface area (Å²) in [6.45, 7) is 11.9. The summed E-state index contributed by atoms with van der Waals surface area (Å²) >= 11 is 0. The molecule has 0 aromatic heterocycles.